The Labute approximate surface area is 111 Å². The molecular formula is C15H18N2O2. The van der Waals surface area contributed by atoms with Gasteiger partial charge in [-0.25, -0.2) is 0 Å². The molecule has 0 bridgehead atoms. The van der Waals surface area contributed by atoms with E-state index in [1.54, 1.807) is 12.4 Å². The summed E-state index contributed by atoms with van der Waals surface area (Å²) in [5.74, 6) is 0.443. The fourth-order valence-corrected chi connectivity index (χ4v) is 1.98. The topological polar surface area (TPSA) is 44.0 Å². The van der Waals surface area contributed by atoms with Crippen molar-refractivity contribution >= 4 is 0 Å². The lowest BCUT2D eigenvalue weighted by Crippen LogP contribution is -2.39. The molecule has 0 radical (unpaired) electrons. The molecule has 1 aromatic heterocycles. The van der Waals surface area contributed by atoms with E-state index < -0.39 is 11.1 Å². The van der Waals surface area contributed by atoms with Crippen molar-refractivity contribution < 1.29 is 0 Å². The second-order valence-electron chi connectivity index (χ2n) is 4.81. The van der Waals surface area contributed by atoms with Gasteiger partial charge in [-0.2, -0.15) is 0 Å². The Balaban J connectivity index is 2.51. The van der Waals surface area contributed by atoms with Crippen LogP contribution in [0.3, 0.4) is 0 Å². The standard InChI is InChI=1S/C15H18N2O2/c1-4-16-9-10-17(15(19)14(16)18)13-7-5-12(6-8-13)11(2)3/h5-11H,4H2,1-3H3. The highest BCUT2D eigenvalue weighted by Crippen LogP contribution is 2.15. The molecule has 0 saturated carbocycles. The predicted molar refractivity (Wildman–Crippen MR) is 76.1 cm³/mol. The molecule has 0 fully saturated rings. The van der Waals surface area contributed by atoms with Gasteiger partial charge in [0.2, 0.25) is 0 Å². The predicted octanol–water partition coefficient (Wildman–Crippen LogP) is 2.14. The summed E-state index contributed by atoms with van der Waals surface area (Å²) in [6, 6.07) is 7.70. The summed E-state index contributed by atoms with van der Waals surface area (Å²) in [7, 11) is 0. The van der Waals surface area contributed by atoms with Crippen LogP contribution in [0.1, 0.15) is 32.3 Å². The first-order chi connectivity index (χ1) is 9.04. The molecule has 0 aliphatic heterocycles. The van der Waals surface area contributed by atoms with Crippen molar-refractivity contribution in [1.82, 2.24) is 9.13 Å². The van der Waals surface area contributed by atoms with Crippen LogP contribution in [-0.2, 0) is 6.54 Å². The first-order valence-electron chi connectivity index (χ1n) is 6.47. The van der Waals surface area contributed by atoms with E-state index in [2.05, 4.69) is 13.8 Å². The van der Waals surface area contributed by atoms with Gasteiger partial charge in [0.05, 0.1) is 0 Å². The van der Waals surface area contributed by atoms with Crippen LogP contribution in [0.4, 0.5) is 0 Å². The van der Waals surface area contributed by atoms with Crippen molar-refractivity contribution in [3.63, 3.8) is 0 Å². The molecule has 1 heterocycles. The maximum atomic E-state index is 12.0. The first kappa shape index (κ1) is 13.3. The molecule has 0 saturated heterocycles. The van der Waals surface area contributed by atoms with Gasteiger partial charge in [0.15, 0.2) is 0 Å². The molecule has 2 rings (SSSR count). The van der Waals surface area contributed by atoms with Crippen molar-refractivity contribution in [2.24, 2.45) is 0 Å². The molecule has 0 aliphatic rings. The zero-order chi connectivity index (χ0) is 14.0. The fraction of sp³-hybridized carbons (Fsp3) is 0.333. The van der Waals surface area contributed by atoms with Crippen molar-refractivity contribution in [3.8, 4) is 5.69 Å². The fourth-order valence-electron chi connectivity index (χ4n) is 1.98. The van der Waals surface area contributed by atoms with Gasteiger partial charge in [-0.3, -0.25) is 14.2 Å². The second-order valence-corrected chi connectivity index (χ2v) is 4.81. The van der Waals surface area contributed by atoms with E-state index >= 15 is 0 Å². The highest BCUT2D eigenvalue weighted by atomic mass is 16.2. The lowest BCUT2D eigenvalue weighted by molar-refractivity contribution is 0.693. The van der Waals surface area contributed by atoms with E-state index in [1.165, 1.54) is 14.7 Å². The van der Waals surface area contributed by atoms with Gasteiger partial charge in [0.25, 0.3) is 0 Å². The summed E-state index contributed by atoms with van der Waals surface area (Å²) in [6.07, 6.45) is 3.28. The van der Waals surface area contributed by atoms with E-state index in [4.69, 9.17) is 0 Å². The smallest absolute Gasteiger partial charge is 0.310 e. The molecule has 0 N–H and O–H groups in total. The highest BCUT2D eigenvalue weighted by molar-refractivity contribution is 5.35. The number of benzene rings is 1. The monoisotopic (exact) mass is 258 g/mol. The van der Waals surface area contributed by atoms with Gasteiger partial charge >= 0.3 is 11.1 Å². The highest BCUT2D eigenvalue weighted by Gasteiger charge is 2.06. The molecule has 19 heavy (non-hydrogen) atoms. The molecule has 0 amide bonds. The van der Waals surface area contributed by atoms with E-state index in [9.17, 15) is 9.59 Å². The van der Waals surface area contributed by atoms with Gasteiger partial charge in [-0.1, -0.05) is 26.0 Å². The molecular weight excluding hydrogens is 240 g/mol. The van der Waals surface area contributed by atoms with E-state index in [1.807, 2.05) is 31.2 Å². The Kier molecular flexibility index (Phi) is 3.69. The third-order valence-corrected chi connectivity index (χ3v) is 3.24. The molecule has 100 valence electrons. The lowest BCUT2D eigenvalue weighted by Gasteiger charge is -2.09. The average Bonchev–Trinajstić information content (AvgIpc) is 2.42. The van der Waals surface area contributed by atoms with Crippen LogP contribution in [-0.4, -0.2) is 9.13 Å². The third-order valence-electron chi connectivity index (χ3n) is 3.24. The van der Waals surface area contributed by atoms with Crippen molar-refractivity contribution in [1.29, 1.82) is 0 Å². The maximum Gasteiger partial charge on any atom is 0.320 e. The van der Waals surface area contributed by atoms with Gasteiger partial charge in [-0.15, -0.1) is 0 Å². The minimum Gasteiger partial charge on any atom is -0.310 e. The molecule has 0 atom stereocenters. The zero-order valence-electron chi connectivity index (χ0n) is 11.5. The summed E-state index contributed by atoms with van der Waals surface area (Å²) >= 11 is 0. The quantitative estimate of drug-likeness (QED) is 0.792. The second kappa shape index (κ2) is 5.26. The van der Waals surface area contributed by atoms with Gasteiger partial charge in [0, 0.05) is 24.6 Å². The number of hydrogen-bond donors (Lipinski definition) is 0. The Hall–Kier alpha value is -2.10. The van der Waals surface area contributed by atoms with Crippen molar-refractivity contribution in [2.45, 2.75) is 33.2 Å². The minimum atomic E-state index is -0.512. The Morgan fingerprint density at radius 3 is 2.16 bits per heavy atom. The zero-order valence-corrected chi connectivity index (χ0v) is 11.5. The summed E-state index contributed by atoms with van der Waals surface area (Å²) in [5.41, 5.74) is 0.924. The normalized spacial score (nSPS) is 10.9. The summed E-state index contributed by atoms with van der Waals surface area (Å²) in [5, 5.41) is 0. The molecule has 4 heteroatoms. The maximum absolute atomic E-state index is 12.0. The number of nitrogens with zero attached hydrogens (tertiary/aromatic N) is 2. The number of hydrogen-bond acceptors (Lipinski definition) is 2. The van der Waals surface area contributed by atoms with E-state index in [0.29, 0.717) is 12.5 Å². The van der Waals surface area contributed by atoms with Gasteiger partial charge in [-0.05, 0) is 30.5 Å². The van der Waals surface area contributed by atoms with Gasteiger partial charge in [0.1, 0.15) is 0 Å². The SMILES string of the molecule is CCn1ccn(-c2ccc(C(C)C)cc2)c(=O)c1=O. The van der Waals surface area contributed by atoms with Crippen LogP contribution in [0.25, 0.3) is 5.69 Å². The van der Waals surface area contributed by atoms with Crippen LogP contribution in [0.15, 0.2) is 46.2 Å². The van der Waals surface area contributed by atoms with Gasteiger partial charge < -0.3 is 4.57 Å². The Morgan fingerprint density at radius 1 is 1.00 bits per heavy atom. The molecule has 1 aromatic carbocycles. The summed E-state index contributed by atoms with van der Waals surface area (Å²) in [4.78, 5) is 23.8. The number of aromatic nitrogens is 2. The number of aryl methyl sites for hydroxylation is 1. The molecule has 4 nitrogen and oxygen atoms in total. The van der Waals surface area contributed by atoms with Crippen molar-refractivity contribution in [2.75, 3.05) is 0 Å². The third kappa shape index (κ3) is 2.52. The minimum absolute atomic E-state index is 0.443. The average molecular weight is 258 g/mol. The molecule has 2 aromatic rings. The van der Waals surface area contributed by atoms with Crippen LogP contribution < -0.4 is 11.1 Å². The first-order valence-corrected chi connectivity index (χ1v) is 6.47. The Bertz CT molecular complexity index is 679. The summed E-state index contributed by atoms with van der Waals surface area (Å²) < 4.78 is 2.79. The Morgan fingerprint density at radius 2 is 1.63 bits per heavy atom. The van der Waals surface area contributed by atoms with Crippen LogP contribution in [0, 0.1) is 0 Å². The van der Waals surface area contributed by atoms with E-state index in [-0.39, 0.29) is 0 Å². The van der Waals surface area contributed by atoms with Crippen LogP contribution in [0.5, 0.6) is 0 Å². The van der Waals surface area contributed by atoms with Crippen LogP contribution in [0.2, 0.25) is 0 Å². The number of rotatable bonds is 3. The molecule has 0 spiro atoms. The summed E-state index contributed by atoms with van der Waals surface area (Å²) in [6.45, 7) is 6.57. The van der Waals surface area contributed by atoms with Crippen molar-refractivity contribution in [3.05, 3.63) is 62.9 Å². The molecule has 0 unspecified atom stereocenters. The van der Waals surface area contributed by atoms with E-state index in [0.717, 1.165) is 5.69 Å². The molecule has 0 aliphatic carbocycles. The van der Waals surface area contributed by atoms with Crippen LogP contribution >= 0.6 is 0 Å². The lowest BCUT2D eigenvalue weighted by atomic mass is 10.0. The largest absolute Gasteiger partial charge is 0.320 e.